The Morgan fingerprint density at radius 1 is 1.32 bits per heavy atom. The Kier molecular flexibility index (Phi) is 4.29. The summed E-state index contributed by atoms with van der Waals surface area (Å²) >= 11 is 0. The number of oxazole rings is 1. The van der Waals surface area contributed by atoms with Crippen molar-refractivity contribution in [2.24, 2.45) is 0 Å². The molecule has 1 aromatic carbocycles. The van der Waals surface area contributed by atoms with E-state index in [0.717, 1.165) is 11.5 Å². The molecule has 0 spiro atoms. The molecule has 0 atom stereocenters. The average molecular weight is 341 g/mol. The van der Waals surface area contributed by atoms with E-state index < -0.39 is 4.92 Å². The van der Waals surface area contributed by atoms with Crippen LogP contribution < -0.4 is 5.32 Å². The molecule has 1 N–H and O–H groups in total. The molecule has 0 aliphatic carbocycles. The van der Waals surface area contributed by atoms with Gasteiger partial charge in [-0.15, -0.1) is 0 Å². The van der Waals surface area contributed by atoms with Crippen molar-refractivity contribution in [3.05, 3.63) is 69.7 Å². The molecule has 1 amide bonds. The van der Waals surface area contributed by atoms with Gasteiger partial charge in [0.15, 0.2) is 0 Å². The standard InChI is InChI=1S/C16H15N5O4/c1-10-11(2)25-15(19-10)8-17-16(22)12-7-18-20(9-12)13-3-5-14(6-4-13)21(23)24/h3-7,9H,8H2,1-2H3,(H,17,22). The van der Waals surface area contributed by atoms with Gasteiger partial charge in [0, 0.05) is 18.3 Å². The number of hydrogen-bond donors (Lipinski definition) is 1. The van der Waals surface area contributed by atoms with Gasteiger partial charge >= 0.3 is 0 Å². The lowest BCUT2D eigenvalue weighted by molar-refractivity contribution is -0.384. The van der Waals surface area contributed by atoms with Crippen molar-refractivity contribution in [3.8, 4) is 5.69 Å². The van der Waals surface area contributed by atoms with Crippen LogP contribution >= 0.6 is 0 Å². The first-order chi connectivity index (χ1) is 11.9. The van der Waals surface area contributed by atoms with Crippen LogP contribution in [0.3, 0.4) is 0 Å². The highest BCUT2D eigenvalue weighted by atomic mass is 16.6. The summed E-state index contributed by atoms with van der Waals surface area (Å²) < 4.78 is 6.87. The number of carbonyl (C=O) groups excluding carboxylic acids is 1. The van der Waals surface area contributed by atoms with E-state index in [1.807, 2.05) is 13.8 Å². The van der Waals surface area contributed by atoms with Gasteiger partial charge in [-0.2, -0.15) is 5.10 Å². The predicted molar refractivity (Wildman–Crippen MR) is 87.4 cm³/mol. The zero-order chi connectivity index (χ0) is 18.0. The second-order valence-electron chi connectivity index (χ2n) is 5.38. The minimum absolute atomic E-state index is 0.00888. The molecule has 0 fully saturated rings. The van der Waals surface area contributed by atoms with Gasteiger partial charge in [-0.05, 0) is 26.0 Å². The Morgan fingerprint density at radius 2 is 2.04 bits per heavy atom. The molecule has 0 aliphatic heterocycles. The van der Waals surface area contributed by atoms with E-state index in [0.29, 0.717) is 17.1 Å². The lowest BCUT2D eigenvalue weighted by atomic mass is 10.3. The molecule has 0 radical (unpaired) electrons. The summed E-state index contributed by atoms with van der Waals surface area (Å²) in [4.78, 5) is 26.6. The van der Waals surface area contributed by atoms with Crippen LogP contribution in [0.2, 0.25) is 0 Å². The number of benzene rings is 1. The first-order valence-electron chi connectivity index (χ1n) is 7.44. The number of rotatable bonds is 5. The molecule has 0 saturated carbocycles. The quantitative estimate of drug-likeness (QED) is 0.562. The minimum atomic E-state index is -0.474. The monoisotopic (exact) mass is 341 g/mol. The molecule has 9 heteroatoms. The van der Waals surface area contributed by atoms with Crippen molar-refractivity contribution < 1.29 is 14.1 Å². The van der Waals surface area contributed by atoms with Crippen LogP contribution in [0, 0.1) is 24.0 Å². The number of aromatic nitrogens is 3. The van der Waals surface area contributed by atoms with Gasteiger partial charge in [0.2, 0.25) is 5.89 Å². The number of nitro groups is 1. The number of nitro benzene ring substituents is 1. The summed E-state index contributed by atoms with van der Waals surface area (Å²) in [5.41, 5.74) is 1.75. The Bertz CT molecular complexity index is 907. The van der Waals surface area contributed by atoms with Gasteiger partial charge in [-0.1, -0.05) is 0 Å². The molecule has 9 nitrogen and oxygen atoms in total. The molecule has 128 valence electrons. The van der Waals surface area contributed by atoms with E-state index in [9.17, 15) is 14.9 Å². The van der Waals surface area contributed by atoms with Crippen molar-refractivity contribution in [1.82, 2.24) is 20.1 Å². The van der Waals surface area contributed by atoms with Gasteiger partial charge in [0.1, 0.15) is 5.76 Å². The average Bonchev–Trinajstić information content (AvgIpc) is 3.20. The summed E-state index contributed by atoms with van der Waals surface area (Å²) in [5, 5.41) is 17.5. The first-order valence-corrected chi connectivity index (χ1v) is 7.44. The number of amides is 1. The van der Waals surface area contributed by atoms with Crippen LogP contribution in [-0.4, -0.2) is 25.6 Å². The molecular formula is C16H15N5O4. The molecule has 0 aliphatic rings. The van der Waals surface area contributed by atoms with Gasteiger partial charge < -0.3 is 9.73 Å². The summed E-state index contributed by atoms with van der Waals surface area (Å²) in [7, 11) is 0. The SMILES string of the molecule is Cc1nc(CNC(=O)c2cnn(-c3ccc([N+](=O)[O-])cc3)c2)oc1C. The topological polar surface area (TPSA) is 116 Å². The molecule has 0 saturated heterocycles. The number of carbonyl (C=O) groups is 1. The molecule has 3 aromatic rings. The molecule has 2 aromatic heterocycles. The molecule has 3 rings (SSSR count). The fourth-order valence-corrected chi connectivity index (χ4v) is 2.18. The smallest absolute Gasteiger partial charge is 0.269 e. The summed E-state index contributed by atoms with van der Waals surface area (Å²) in [5.74, 6) is 0.836. The Hall–Kier alpha value is -3.49. The number of nitrogens with one attached hydrogen (secondary N) is 1. The van der Waals surface area contributed by atoms with E-state index in [1.165, 1.54) is 23.0 Å². The highest BCUT2D eigenvalue weighted by Gasteiger charge is 2.12. The number of non-ortho nitro benzene ring substituents is 1. The highest BCUT2D eigenvalue weighted by molar-refractivity contribution is 5.93. The second-order valence-corrected chi connectivity index (χ2v) is 5.38. The number of aryl methyl sites for hydroxylation is 2. The van der Waals surface area contributed by atoms with Crippen LogP contribution in [0.1, 0.15) is 27.7 Å². The third-order valence-electron chi connectivity index (χ3n) is 3.64. The van der Waals surface area contributed by atoms with Gasteiger partial charge in [-0.25, -0.2) is 9.67 Å². The normalized spacial score (nSPS) is 10.6. The van der Waals surface area contributed by atoms with E-state index in [4.69, 9.17) is 4.42 Å². The largest absolute Gasteiger partial charge is 0.444 e. The van der Waals surface area contributed by atoms with Crippen molar-refractivity contribution in [1.29, 1.82) is 0 Å². The highest BCUT2D eigenvalue weighted by Crippen LogP contribution is 2.15. The lowest BCUT2D eigenvalue weighted by Crippen LogP contribution is -2.22. The van der Waals surface area contributed by atoms with E-state index in [-0.39, 0.29) is 18.1 Å². The van der Waals surface area contributed by atoms with Crippen LogP contribution in [0.15, 0.2) is 41.1 Å². The minimum Gasteiger partial charge on any atom is -0.444 e. The van der Waals surface area contributed by atoms with E-state index >= 15 is 0 Å². The summed E-state index contributed by atoms with van der Waals surface area (Å²) in [6.45, 7) is 3.82. The third kappa shape index (κ3) is 3.55. The first kappa shape index (κ1) is 16.4. The Labute approximate surface area is 142 Å². The molecular weight excluding hydrogens is 326 g/mol. The fraction of sp³-hybridized carbons (Fsp3) is 0.188. The summed E-state index contributed by atoms with van der Waals surface area (Å²) in [6, 6.07) is 5.88. The fourth-order valence-electron chi connectivity index (χ4n) is 2.18. The predicted octanol–water partition coefficient (Wildman–Crippen LogP) is 2.32. The van der Waals surface area contributed by atoms with Crippen molar-refractivity contribution in [2.75, 3.05) is 0 Å². The number of hydrogen-bond acceptors (Lipinski definition) is 6. The maximum atomic E-state index is 12.2. The van der Waals surface area contributed by atoms with Crippen LogP contribution in [0.5, 0.6) is 0 Å². The maximum Gasteiger partial charge on any atom is 0.269 e. The van der Waals surface area contributed by atoms with Gasteiger partial charge in [0.05, 0.1) is 34.6 Å². The zero-order valence-corrected chi connectivity index (χ0v) is 13.6. The molecule has 0 bridgehead atoms. The number of nitrogens with zero attached hydrogens (tertiary/aromatic N) is 4. The van der Waals surface area contributed by atoms with Crippen LogP contribution in [0.25, 0.3) is 5.69 Å². The van der Waals surface area contributed by atoms with Crippen molar-refractivity contribution >= 4 is 11.6 Å². The van der Waals surface area contributed by atoms with Gasteiger partial charge in [-0.3, -0.25) is 14.9 Å². The Balaban J connectivity index is 1.67. The van der Waals surface area contributed by atoms with Gasteiger partial charge in [0.25, 0.3) is 11.6 Å². The lowest BCUT2D eigenvalue weighted by Gasteiger charge is -2.01. The Morgan fingerprint density at radius 3 is 2.64 bits per heavy atom. The maximum absolute atomic E-state index is 12.2. The van der Waals surface area contributed by atoms with Crippen molar-refractivity contribution in [2.45, 2.75) is 20.4 Å². The second kappa shape index (κ2) is 6.56. The van der Waals surface area contributed by atoms with E-state index in [2.05, 4.69) is 15.4 Å². The van der Waals surface area contributed by atoms with Crippen LogP contribution in [0.4, 0.5) is 5.69 Å². The van der Waals surface area contributed by atoms with Crippen LogP contribution in [-0.2, 0) is 6.54 Å². The zero-order valence-electron chi connectivity index (χ0n) is 13.6. The van der Waals surface area contributed by atoms with Crippen molar-refractivity contribution in [3.63, 3.8) is 0 Å². The molecule has 0 unspecified atom stereocenters. The van der Waals surface area contributed by atoms with E-state index in [1.54, 1.807) is 18.3 Å². The third-order valence-corrected chi connectivity index (χ3v) is 3.64. The summed E-state index contributed by atoms with van der Waals surface area (Å²) in [6.07, 6.45) is 2.96. The molecule has 25 heavy (non-hydrogen) atoms. The molecule has 2 heterocycles.